The van der Waals surface area contributed by atoms with Gasteiger partial charge in [-0.15, -0.1) is 0 Å². The molecule has 0 saturated heterocycles. The Kier molecular flexibility index (Phi) is 5.87. The number of carbonyl (C=O) groups excluding carboxylic acids is 2. The highest BCUT2D eigenvalue weighted by Gasteiger charge is 2.16. The van der Waals surface area contributed by atoms with Gasteiger partial charge in [-0.1, -0.05) is 0 Å². The molecule has 0 spiro atoms. The molecule has 82 valence electrons. The highest BCUT2D eigenvalue weighted by atomic mass is 16.2. The van der Waals surface area contributed by atoms with E-state index in [1.165, 1.54) is 4.90 Å². The number of amides is 2. The van der Waals surface area contributed by atoms with Crippen LogP contribution in [0.2, 0.25) is 0 Å². The van der Waals surface area contributed by atoms with Crippen molar-refractivity contribution in [1.82, 2.24) is 15.5 Å². The standard InChI is InChI=1S/C9H19N3O2/c1-7(9(14)12(3)4)11-8(13)5-6-10-2/h7,10H,5-6H2,1-4H3,(H,11,13). The molecule has 2 amide bonds. The quantitative estimate of drug-likeness (QED) is 0.611. The van der Waals surface area contributed by atoms with Gasteiger partial charge in [-0.25, -0.2) is 0 Å². The summed E-state index contributed by atoms with van der Waals surface area (Å²) in [5.74, 6) is -0.204. The zero-order valence-corrected chi connectivity index (χ0v) is 9.26. The summed E-state index contributed by atoms with van der Waals surface area (Å²) in [5.41, 5.74) is 0. The SMILES string of the molecule is CNCCC(=O)NC(C)C(=O)N(C)C. The van der Waals surface area contributed by atoms with Gasteiger partial charge < -0.3 is 15.5 Å². The Morgan fingerprint density at radius 2 is 1.93 bits per heavy atom. The average Bonchev–Trinajstić information content (AvgIpc) is 2.13. The van der Waals surface area contributed by atoms with E-state index in [1.54, 1.807) is 28.1 Å². The Balaban J connectivity index is 3.87. The number of hydrogen-bond donors (Lipinski definition) is 2. The number of likely N-dealkylation sites (N-methyl/N-ethyl adjacent to an activating group) is 1. The van der Waals surface area contributed by atoms with Gasteiger partial charge in [-0.2, -0.15) is 0 Å². The molecule has 2 N–H and O–H groups in total. The van der Waals surface area contributed by atoms with Crippen LogP contribution in [0.15, 0.2) is 0 Å². The molecule has 0 aliphatic heterocycles. The monoisotopic (exact) mass is 201 g/mol. The third kappa shape index (κ3) is 4.81. The summed E-state index contributed by atoms with van der Waals surface area (Å²) >= 11 is 0. The first-order valence-corrected chi connectivity index (χ1v) is 4.64. The molecule has 14 heavy (non-hydrogen) atoms. The number of nitrogens with zero attached hydrogens (tertiary/aromatic N) is 1. The first-order valence-electron chi connectivity index (χ1n) is 4.64. The van der Waals surface area contributed by atoms with E-state index in [4.69, 9.17) is 0 Å². The van der Waals surface area contributed by atoms with Crippen LogP contribution in [0.1, 0.15) is 13.3 Å². The molecule has 0 heterocycles. The zero-order chi connectivity index (χ0) is 11.1. The van der Waals surface area contributed by atoms with E-state index in [0.29, 0.717) is 13.0 Å². The van der Waals surface area contributed by atoms with Gasteiger partial charge in [0.2, 0.25) is 11.8 Å². The van der Waals surface area contributed by atoms with Crippen molar-refractivity contribution < 1.29 is 9.59 Å². The molecule has 0 aliphatic carbocycles. The van der Waals surface area contributed by atoms with E-state index in [1.807, 2.05) is 0 Å². The lowest BCUT2D eigenvalue weighted by Gasteiger charge is -2.17. The molecule has 5 nitrogen and oxygen atoms in total. The second-order valence-corrected chi connectivity index (χ2v) is 3.38. The van der Waals surface area contributed by atoms with E-state index in [0.717, 1.165) is 0 Å². The van der Waals surface area contributed by atoms with Crippen molar-refractivity contribution in [3.05, 3.63) is 0 Å². The molecule has 0 aromatic carbocycles. The molecule has 1 unspecified atom stereocenters. The summed E-state index contributed by atoms with van der Waals surface area (Å²) in [5, 5.41) is 5.49. The van der Waals surface area contributed by atoms with Crippen molar-refractivity contribution in [2.75, 3.05) is 27.7 Å². The predicted octanol–water partition coefficient (Wildman–Crippen LogP) is -0.811. The maximum absolute atomic E-state index is 11.3. The van der Waals surface area contributed by atoms with Gasteiger partial charge in [0.15, 0.2) is 0 Å². The summed E-state index contributed by atoms with van der Waals surface area (Å²) < 4.78 is 0. The molecular weight excluding hydrogens is 182 g/mol. The van der Waals surface area contributed by atoms with Crippen LogP contribution in [0.3, 0.4) is 0 Å². The lowest BCUT2D eigenvalue weighted by Crippen LogP contribution is -2.44. The molecule has 0 radical (unpaired) electrons. The molecule has 1 atom stereocenters. The average molecular weight is 201 g/mol. The van der Waals surface area contributed by atoms with Crippen LogP contribution < -0.4 is 10.6 Å². The normalized spacial score (nSPS) is 12.0. The molecule has 0 aliphatic rings. The Bertz CT molecular complexity index is 204. The second kappa shape index (κ2) is 6.37. The van der Waals surface area contributed by atoms with Gasteiger partial charge in [0.25, 0.3) is 0 Å². The fourth-order valence-electron chi connectivity index (χ4n) is 1.00. The summed E-state index contributed by atoms with van der Waals surface area (Å²) in [6.07, 6.45) is 0.390. The van der Waals surface area contributed by atoms with Crippen LogP contribution in [0.5, 0.6) is 0 Å². The van der Waals surface area contributed by atoms with E-state index < -0.39 is 6.04 Å². The smallest absolute Gasteiger partial charge is 0.244 e. The van der Waals surface area contributed by atoms with Crippen LogP contribution in [-0.2, 0) is 9.59 Å². The van der Waals surface area contributed by atoms with Gasteiger partial charge >= 0.3 is 0 Å². The Morgan fingerprint density at radius 1 is 1.36 bits per heavy atom. The van der Waals surface area contributed by atoms with Crippen LogP contribution in [-0.4, -0.2) is 50.4 Å². The van der Waals surface area contributed by atoms with Gasteiger partial charge in [0, 0.05) is 27.1 Å². The molecule has 0 saturated carbocycles. The minimum atomic E-state index is -0.450. The van der Waals surface area contributed by atoms with E-state index in [2.05, 4.69) is 10.6 Å². The third-order valence-electron chi connectivity index (χ3n) is 1.79. The van der Waals surface area contributed by atoms with Gasteiger partial charge in [0.05, 0.1) is 0 Å². The van der Waals surface area contributed by atoms with Crippen molar-refractivity contribution in [2.45, 2.75) is 19.4 Å². The van der Waals surface area contributed by atoms with Crippen LogP contribution in [0.25, 0.3) is 0 Å². The minimum Gasteiger partial charge on any atom is -0.347 e. The lowest BCUT2D eigenvalue weighted by atomic mass is 10.3. The highest BCUT2D eigenvalue weighted by Crippen LogP contribution is 1.89. The van der Waals surface area contributed by atoms with E-state index >= 15 is 0 Å². The first kappa shape index (κ1) is 12.9. The third-order valence-corrected chi connectivity index (χ3v) is 1.79. The summed E-state index contributed by atoms with van der Waals surface area (Å²) in [7, 11) is 5.11. The molecule has 0 bridgehead atoms. The van der Waals surface area contributed by atoms with Crippen molar-refractivity contribution in [3.63, 3.8) is 0 Å². The number of rotatable bonds is 5. The molecular formula is C9H19N3O2. The largest absolute Gasteiger partial charge is 0.347 e. The van der Waals surface area contributed by atoms with Crippen LogP contribution in [0.4, 0.5) is 0 Å². The fourth-order valence-corrected chi connectivity index (χ4v) is 1.00. The van der Waals surface area contributed by atoms with E-state index in [-0.39, 0.29) is 11.8 Å². The lowest BCUT2D eigenvalue weighted by molar-refractivity contribution is -0.133. The topological polar surface area (TPSA) is 61.4 Å². The van der Waals surface area contributed by atoms with Gasteiger partial charge in [-0.3, -0.25) is 9.59 Å². The number of hydrogen-bond acceptors (Lipinski definition) is 3. The molecule has 0 rings (SSSR count). The molecule has 0 aromatic heterocycles. The van der Waals surface area contributed by atoms with Crippen molar-refractivity contribution in [3.8, 4) is 0 Å². The molecule has 5 heteroatoms. The number of nitrogens with one attached hydrogen (secondary N) is 2. The maximum Gasteiger partial charge on any atom is 0.244 e. The summed E-state index contributed by atoms with van der Waals surface area (Å²) in [6, 6.07) is -0.450. The Hall–Kier alpha value is -1.10. The predicted molar refractivity (Wildman–Crippen MR) is 54.8 cm³/mol. The van der Waals surface area contributed by atoms with Crippen molar-refractivity contribution in [1.29, 1.82) is 0 Å². The van der Waals surface area contributed by atoms with Gasteiger partial charge in [-0.05, 0) is 14.0 Å². The Labute approximate surface area is 84.8 Å². The first-order chi connectivity index (χ1) is 6.49. The summed E-state index contributed by atoms with van der Waals surface area (Å²) in [4.78, 5) is 24.0. The second-order valence-electron chi connectivity index (χ2n) is 3.38. The highest BCUT2D eigenvalue weighted by molar-refractivity contribution is 5.87. The maximum atomic E-state index is 11.3. The van der Waals surface area contributed by atoms with E-state index in [9.17, 15) is 9.59 Å². The van der Waals surface area contributed by atoms with Crippen LogP contribution >= 0.6 is 0 Å². The fraction of sp³-hybridized carbons (Fsp3) is 0.778. The molecule has 0 fully saturated rings. The van der Waals surface area contributed by atoms with Crippen molar-refractivity contribution >= 4 is 11.8 Å². The van der Waals surface area contributed by atoms with Crippen molar-refractivity contribution in [2.24, 2.45) is 0 Å². The summed E-state index contributed by atoms with van der Waals surface area (Å²) in [6.45, 7) is 2.30. The Morgan fingerprint density at radius 3 is 2.36 bits per heavy atom. The van der Waals surface area contributed by atoms with Crippen LogP contribution in [0, 0.1) is 0 Å². The van der Waals surface area contributed by atoms with Gasteiger partial charge in [0.1, 0.15) is 6.04 Å². The minimum absolute atomic E-state index is 0.0946. The molecule has 0 aromatic rings. The zero-order valence-electron chi connectivity index (χ0n) is 9.26. The number of carbonyl (C=O) groups is 2.